The molecule has 4 N–H and O–H groups in total. The predicted octanol–water partition coefficient (Wildman–Crippen LogP) is 2.03. The molecule has 11 nitrogen and oxygen atoms in total. The van der Waals surface area contributed by atoms with Crippen LogP contribution in [-0.4, -0.2) is 61.5 Å². The number of unbranched alkanes of at least 4 members (excludes halogenated alkanes) is 1. The highest BCUT2D eigenvalue weighted by molar-refractivity contribution is 5.89. The number of nitrogens with one attached hydrogen (secondary N) is 3. The predicted molar refractivity (Wildman–Crippen MR) is 133 cm³/mol. The Morgan fingerprint density at radius 2 is 1.35 bits per heavy atom. The van der Waals surface area contributed by atoms with Gasteiger partial charge >= 0.3 is 18.2 Å². The maximum absolute atomic E-state index is 12.7. The summed E-state index contributed by atoms with van der Waals surface area (Å²) in [6.07, 6.45) is -0.259. The van der Waals surface area contributed by atoms with Crippen LogP contribution in [0.4, 0.5) is 9.59 Å². The van der Waals surface area contributed by atoms with Crippen LogP contribution in [0.2, 0.25) is 0 Å². The van der Waals surface area contributed by atoms with Gasteiger partial charge in [0.2, 0.25) is 5.91 Å². The number of amides is 3. The van der Waals surface area contributed by atoms with E-state index in [0.29, 0.717) is 19.4 Å². The van der Waals surface area contributed by atoms with Gasteiger partial charge in [0.05, 0.1) is 13.7 Å². The topological polar surface area (TPSA) is 152 Å². The van der Waals surface area contributed by atoms with Crippen LogP contribution in [0, 0.1) is 0 Å². The fourth-order valence-corrected chi connectivity index (χ4v) is 3.21. The van der Waals surface area contributed by atoms with E-state index < -0.39 is 42.8 Å². The molecule has 0 heterocycles. The number of alkyl carbamates (subject to hydrolysis) is 2. The Bertz CT molecular complexity index is 988. The van der Waals surface area contributed by atoms with Gasteiger partial charge in [0, 0.05) is 6.54 Å². The zero-order chi connectivity index (χ0) is 26.9. The number of aliphatic hydroxyl groups excluding tert-OH is 1. The molecule has 0 spiro atoms. The zero-order valence-corrected chi connectivity index (χ0v) is 20.7. The zero-order valence-electron chi connectivity index (χ0n) is 20.7. The van der Waals surface area contributed by atoms with Crippen LogP contribution in [-0.2, 0) is 37.0 Å². The smallest absolute Gasteiger partial charge is 0.408 e. The Labute approximate surface area is 215 Å². The van der Waals surface area contributed by atoms with Gasteiger partial charge in [-0.3, -0.25) is 4.79 Å². The van der Waals surface area contributed by atoms with E-state index in [2.05, 4.69) is 20.7 Å². The first-order valence-electron chi connectivity index (χ1n) is 11.8. The minimum Gasteiger partial charge on any atom is -0.467 e. The number of aliphatic hydroxyl groups is 1. The SMILES string of the molecule is COC(=O)C(CO)NC(=O)C(CCCCNC(=O)OCc1ccccc1)NC(=O)OCc1ccccc1. The second kappa shape index (κ2) is 16.5. The van der Waals surface area contributed by atoms with Crippen molar-refractivity contribution in [3.63, 3.8) is 0 Å². The maximum Gasteiger partial charge on any atom is 0.408 e. The molecule has 0 saturated heterocycles. The molecule has 200 valence electrons. The largest absolute Gasteiger partial charge is 0.467 e. The second-order valence-corrected chi connectivity index (χ2v) is 8.01. The maximum atomic E-state index is 12.7. The van der Waals surface area contributed by atoms with E-state index in [9.17, 15) is 24.3 Å². The number of rotatable bonds is 14. The van der Waals surface area contributed by atoms with Gasteiger partial charge in [-0.1, -0.05) is 60.7 Å². The second-order valence-electron chi connectivity index (χ2n) is 8.01. The van der Waals surface area contributed by atoms with Crippen LogP contribution in [0.1, 0.15) is 30.4 Å². The Balaban J connectivity index is 1.82. The third kappa shape index (κ3) is 11.4. The molecule has 2 aromatic carbocycles. The average Bonchev–Trinajstić information content (AvgIpc) is 2.93. The van der Waals surface area contributed by atoms with Gasteiger partial charge in [-0.15, -0.1) is 0 Å². The van der Waals surface area contributed by atoms with E-state index in [4.69, 9.17) is 9.47 Å². The monoisotopic (exact) mass is 515 g/mol. The fraction of sp³-hybridized carbons (Fsp3) is 0.385. The lowest BCUT2D eigenvalue weighted by molar-refractivity contribution is -0.146. The molecule has 3 amide bonds. The van der Waals surface area contributed by atoms with Crippen molar-refractivity contribution in [3.8, 4) is 0 Å². The first-order chi connectivity index (χ1) is 17.9. The molecule has 0 aromatic heterocycles. The van der Waals surface area contributed by atoms with E-state index in [-0.39, 0.29) is 19.6 Å². The highest BCUT2D eigenvalue weighted by atomic mass is 16.6. The Morgan fingerprint density at radius 1 is 0.784 bits per heavy atom. The lowest BCUT2D eigenvalue weighted by atomic mass is 10.1. The first kappa shape index (κ1) is 29.1. The van der Waals surface area contributed by atoms with Gasteiger partial charge in [0.25, 0.3) is 0 Å². The van der Waals surface area contributed by atoms with Gasteiger partial charge in [-0.2, -0.15) is 0 Å². The van der Waals surface area contributed by atoms with Crippen molar-refractivity contribution in [1.29, 1.82) is 0 Å². The van der Waals surface area contributed by atoms with Crippen molar-refractivity contribution < 1.29 is 38.5 Å². The minimum atomic E-state index is -1.27. The van der Waals surface area contributed by atoms with Gasteiger partial charge < -0.3 is 35.3 Å². The molecule has 2 unspecified atom stereocenters. The molecule has 11 heteroatoms. The molecule has 2 aromatic rings. The van der Waals surface area contributed by atoms with Crippen molar-refractivity contribution in [2.75, 3.05) is 20.3 Å². The molecule has 0 aliphatic carbocycles. The lowest BCUT2D eigenvalue weighted by Gasteiger charge is -2.21. The summed E-state index contributed by atoms with van der Waals surface area (Å²) in [5, 5.41) is 16.9. The standard InChI is InChI=1S/C26H33N3O8/c1-35-24(32)22(16-30)28-23(31)21(29-26(34)37-18-20-12-6-3-7-13-20)14-8-9-15-27-25(33)36-17-19-10-4-2-5-11-19/h2-7,10-13,21-22,30H,8-9,14-18H2,1H3,(H,27,33)(H,28,31)(H,29,34). The van der Waals surface area contributed by atoms with E-state index in [1.54, 1.807) is 24.3 Å². The van der Waals surface area contributed by atoms with Crippen LogP contribution < -0.4 is 16.0 Å². The summed E-state index contributed by atoms with van der Waals surface area (Å²) < 4.78 is 14.9. The summed E-state index contributed by atoms with van der Waals surface area (Å²) in [6.45, 7) is -0.214. The van der Waals surface area contributed by atoms with Crippen molar-refractivity contribution in [3.05, 3.63) is 71.8 Å². The highest BCUT2D eigenvalue weighted by Gasteiger charge is 2.27. The van der Waals surface area contributed by atoms with Crippen LogP contribution >= 0.6 is 0 Å². The quantitative estimate of drug-likeness (QED) is 0.169. The van der Waals surface area contributed by atoms with Gasteiger partial charge in [-0.25, -0.2) is 14.4 Å². The third-order valence-electron chi connectivity index (χ3n) is 5.21. The van der Waals surface area contributed by atoms with Gasteiger partial charge in [-0.05, 0) is 30.4 Å². The van der Waals surface area contributed by atoms with Crippen LogP contribution in [0.15, 0.2) is 60.7 Å². The molecule has 2 atom stereocenters. The molecule has 2 rings (SSSR count). The Morgan fingerprint density at radius 3 is 1.89 bits per heavy atom. The molecular weight excluding hydrogens is 482 g/mol. The van der Waals surface area contributed by atoms with Gasteiger partial charge in [0.1, 0.15) is 19.3 Å². The van der Waals surface area contributed by atoms with Crippen LogP contribution in [0.3, 0.4) is 0 Å². The van der Waals surface area contributed by atoms with Crippen molar-refractivity contribution in [1.82, 2.24) is 16.0 Å². The Kier molecular flexibility index (Phi) is 13.0. The number of carbonyl (C=O) groups is 4. The summed E-state index contributed by atoms with van der Waals surface area (Å²) in [4.78, 5) is 48.7. The fourth-order valence-electron chi connectivity index (χ4n) is 3.21. The normalized spacial score (nSPS) is 11.9. The molecule has 0 bridgehead atoms. The van der Waals surface area contributed by atoms with E-state index in [1.165, 1.54) is 0 Å². The summed E-state index contributed by atoms with van der Waals surface area (Å²) in [7, 11) is 1.13. The third-order valence-corrected chi connectivity index (χ3v) is 5.21. The highest BCUT2D eigenvalue weighted by Crippen LogP contribution is 2.06. The van der Waals surface area contributed by atoms with E-state index >= 15 is 0 Å². The first-order valence-corrected chi connectivity index (χ1v) is 11.8. The van der Waals surface area contributed by atoms with E-state index in [0.717, 1.165) is 18.2 Å². The molecule has 0 radical (unpaired) electrons. The van der Waals surface area contributed by atoms with Crippen molar-refractivity contribution in [2.45, 2.75) is 44.6 Å². The molecule has 0 aliphatic heterocycles. The molecule has 0 aliphatic rings. The lowest BCUT2D eigenvalue weighted by Crippen LogP contribution is -2.53. The number of carbonyl (C=O) groups excluding carboxylic acids is 4. The van der Waals surface area contributed by atoms with Crippen molar-refractivity contribution >= 4 is 24.1 Å². The molecular formula is C26H33N3O8. The number of methoxy groups -OCH3 is 1. The molecule has 0 saturated carbocycles. The van der Waals surface area contributed by atoms with Crippen molar-refractivity contribution in [2.24, 2.45) is 0 Å². The molecule has 0 fully saturated rings. The number of esters is 1. The van der Waals surface area contributed by atoms with Gasteiger partial charge in [0.15, 0.2) is 6.04 Å². The minimum absolute atomic E-state index is 0.0114. The van der Waals surface area contributed by atoms with Crippen LogP contribution in [0.25, 0.3) is 0 Å². The number of benzene rings is 2. The summed E-state index contributed by atoms with van der Waals surface area (Å²) >= 11 is 0. The summed E-state index contributed by atoms with van der Waals surface area (Å²) in [6, 6.07) is 16.0. The summed E-state index contributed by atoms with van der Waals surface area (Å²) in [5.74, 6) is -1.50. The number of hydrogen-bond acceptors (Lipinski definition) is 8. The average molecular weight is 516 g/mol. The Hall–Kier alpha value is -4.12. The number of hydrogen-bond donors (Lipinski definition) is 4. The van der Waals surface area contributed by atoms with E-state index in [1.807, 2.05) is 36.4 Å². The molecule has 37 heavy (non-hydrogen) atoms. The number of ether oxygens (including phenoxy) is 3. The summed E-state index contributed by atoms with van der Waals surface area (Å²) in [5.41, 5.74) is 1.64. The van der Waals surface area contributed by atoms with Crippen LogP contribution in [0.5, 0.6) is 0 Å².